The van der Waals surface area contributed by atoms with E-state index in [2.05, 4.69) is 4.99 Å². The van der Waals surface area contributed by atoms with Gasteiger partial charge < -0.3 is 4.74 Å². The molecule has 0 amide bonds. The third-order valence-corrected chi connectivity index (χ3v) is 5.25. The average molecular weight is 392 g/mol. The van der Waals surface area contributed by atoms with Crippen molar-refractivity contribution >= 4 is 41.3 Å². The molecule has 3 aromatic carbocycles. The van der Waals surface area contributed by atoms with Gasteiger partial charge in [0, 0.05) is 20.4 Å². The zero-order valence-corrected chi connectivity index (χ0v) is 15.7. The van der Waals surface area contributed by atoms with E-state index in [0.717, 1.165) is 20.9 Å². The van der Waals surface area contributed by atoms with Gasteiger partial charge in [0.1, 0.15) is 0 Å². The Labute approximate surface area is 166 Å². The molecule has 1 aliphatic heterocycles. The smallest absolute Gasteiger partial charge is 0.363 e. The predicted octanol–water partition coefficient (Wildman–Crippen LogP) is 5.84. The van der Waals surface area contributed by atoms with Gasteiger partial charge in [-0.25, -0.2) is 9.79 Å². The Morgan fingerprint density at radius 3 is 2.37 bits per heavy atom. The summed E-state index contributed by atoms with van der Waals surface area (Å²) in [5.41, 5.74) is 1.97. The van der Waals surface area contributed by atoms with Gasteiger partial charge >= 0.3 is 5.97 Å². The minimum Gasteiger partial charge on any atom is -0.402 e. The van der Waals surface area contributed by atoms with Crippen molar-refractivity contribution in [3.05, 3.63) is 101 Å². The average Bonchev–Trinajstić information content (AvgIpc) is 3.06. The maximum absolute atomic E-state index is 12.2. The quantitative estimate of drug-likeness (QED) is 0.414. The Balaban J connectivity index is 1.65. The minimum atomic E-state index is -0.444. The van der Waals surface area contributed by atoms with Crippen molar-refractivity contribution in [2.45, 2.75) is 9.79 Å². The van der Waals surface area contributed by atoms with Crippen molar-refractivity contribution < 1.29 is 9.53 Å². The van der Waals surface area contributed by atoms with Crippen molar-refractivity contribution in [3.8, 4) is 0 Å². The van der Waals surface area contributed by atoms with E-state index in [0.29, 0.717) is 10.9 Å². The van der Waals surface area contributed by atoms with E-state index in [1.807, 2.05) is 78.9 Å². The van der Waals surface area contributed by atoms with Crippen LogP contribution >= 0.6 is 23.4 Å². The van der Waals surface area contributed by atoms with Crippen LogP contribution in [0.2, 0.25) is 5.02 Å². The second-order valence-electron chi connectivity index (χ2n) is 5.80. The van der Waals surface area contributed by atoms with E-state index >= 15 is 0 Å². The maximum atomic E-state index is 12.2. The summed E-state index contributed by atoms with van der Waals surface area (Å²) in [4.78, 5) is 18.7. The number of aliphatic imine (C=N–C) groups is 1. The van der Waals surface area contributed by atoms with E-state index < -0.39 is 5.97 Å². The molecule has 0 atom stereocenters. The number of rotatable bonds is 4. The highest BCUT2D eigenvalue weighted by Crippen LogP contribution is 2.33. The summed E-state index contributed by atoms with van der Waals surface area (Å²) < 4.78 is 5.32. The van der Waals surface area contributed by atoms with E-state index in [9.17, 15) is 4.79 Å². The molecule has 0 spiro atoms. The Kier molecular flexibility index (Phi) is 5.10. The molecule has 3 aromatic rings. The molecule has 0 aromatic heterocycles. The van der Waals surface area contributed by atoms with Gasteiger partial charge in [0.25, 0.3) is 0 Å². The first-order chi connectivity index (χ1) is 13.2. The summed E-state index contributed by atoms with van der Waals surface area (Å²) in [6, 6.07) is 24.9. The summed E-state index contributed by atoms with van der Waals surface area (Å²) in [5.74, 6) is -0.116. The number of carbonyl (C=O) groups is 1. The number of esters is 1. The second-order valence-corrected chi connectivity index (χ2v) is 7.35. The molecule has 0 saturated heterocycles. The molecule has 132 valence electrons. The molecule has 0 N–H and O–H groups in total. The van der Waals surface area contributed by atoms with Crippen LogP contribution < -0.4 is 0 Å². The number of ether oxygens (including phenoxy) is 1. The van der Waals surface area contributed by atoms with Gasteiger partial charge in [0.05, 0.1) is 0 Å². The number of halogens is 1. The number of carbonyl (C=O) groups excluding carboxylic acids is 1. The lowest BCUT2D eigenvalue weighted by molar-refractivity contribution is -0.129. The predicted molar refractivity (Wildman–Crippen MR) is 109 cm³/mol. The Hall–Kier alpha value is -2.82. The van der Waals surface area contributed by atoms with Crippen LogP contribution in [0.1, 0.15) is 11.1 Å². The van der Waals surface area contributed by atoms with E-state index in [4.69, 9.17) is 16.3 Å². The van der Waals surface area contributed by atoms with Gasteiger partial charge in [-0.15, -0.1) is 0 Å². The standard InChI is InChI=1S/C22H14ClNO2S/c23-17-10-12-18(13-11-17)27-20-9-5-4-8-16(20)14-19-22(25)26-21(24-19)15-6-2-1-3-7-15/h1-14H/b19-14-. The van der Waals surface area contributed by atoms with Crippen molar-refractivity contribution in [2.24, 2.45) is 4.99 Å². The van der Waals surface area contributed by atoms with Gasteiger partial charge in [-0.05, 0) is 54.1 Å². The molecule has 0 fully saturated rings. The number of hydrogen-bond donors (Lipinski definition) is 0. The lowest BCUT2D eigenvalue weighted by Crippen LogP contribution is -2.04. The SMILES string of the molecule is O=C1OC(c2ccccc2)=N/C1=C\c1ccccc1Sc1ccc(Cl)cc1. The first-order valence-corrected chi connectivity index (χ1v) is 9.49. The fraction of sp³-hybridized carbons (Fsp3) is 0. The Bertz CT molecular complexity index is 1040. The molecular weight excluding hydrogens is 378 g/mol. The molecule has 0 saturated carbocycles. The maximum Gasteiger partial charge on any atom is 0.363 e. The van der Waals surface area contributed by atoms with E-state index in [1.54, 1.807) is 17.8 Å². The van der Waals surface area contributed by atoms with Crippen molar-refractivity contribution in [3.63, 3.8) is 0 Å². The van der Waals surface area contributed by atoms with Crippen LogP contribution in [-0.2, 0) is 9.53 Å². The zero-order chi connectivity index (χ0) is 18.6. The lowest BCUT2D eigenvalue weighted by Gasteiger charge is -2.06. The van der Waals surface area contributed by atoms with Crippen LogP contribution in [0.25, 0.3) is 6.08 Å². The third-order valence-electron chi connectivity index (χ3n) is 3.89. The topological polar surface area (TPSA) is 38.7 Å². The van der Waals surface area contributed by atoms with Crippen LogP contribution in [0.15, 0.2) is 99.3 Å². The molecule has 27 heavy (non-hydrogen) atoms. The molecular formula is C22H14ClNO2S. The van der Waals surface area contributed by atoms with E-state index in [-0.39, 0.29) is 5.70 Å². The molecule has 5 heteroatoms. The first kappa shape index (κ1) is 17.6. The molecule has 1 aliphatic rings. The molecule has 1 heterocycles. The van der Waals surface area contributed by atoms with Gasteiger partial charge in [0.2, 0.25) is 5.90 Å². The first-order valence-electron chi connectivity index (χ1n) is 8.29. The molecule has 0 unspecified atom stereocenters. The molecule has 0 aliphatic carbocycles. The van der Waals surface area contributed by atoms with Crippen LogP contribution in [0.5, 0.6) is 0 Å². The summed E-state index contributed by atoms with van der Waals surface area (Å²) >= 11 is 7.56. The van der Waals surface area contributed by atoms with Gasteiger partial charge in [-0.2, -0.15) is 0 Å². The Morgan fingerprint density at radius 2 is 1.59 bits per heavy atom. The summed E-state index contributed by atoms with van der Waals surface area (Å²) in [5, 5.41) is 0.700. The summed E-state index contributed by atoms with van der Waals surface area (Å²) in [6.07, 6.45) is 1.76. The number of benzene rings is 3. The van der Waals surface area contributed by atoms with Gasteiger partial charge in [-0.1, -0.05) is 59.8 Å². The van der Waals surface area contributed by atoms with Crippen molar-refractivity contribution in [1.82, 2.24) is 0 Å². The monoisotopic (exact) mass is 391 g/mol. The van der Waals surface area contributed by atoms with Gasteiger partial charge in [-0.3, -0.25) is 0 Å². The zero-order valence-electron chi connectivity index (χ0n) is 14.1. The van der Waals surface area contributed by atoms with Crippen molar-refractivity contribution in [2.75, 3.05) is 0 Å². The van der Waals surface area contributed by atoms with Crippen LogP contribution in [-0.4, -0.2) is 11.9 Å². The third kappa shape index (κ3) is 4.13. The summed E-state index contributed by atoms with van der Waals surface area (Å²) in [6.45, 7) is 0. The minimum absolute atomic E-state index is 0.290. The number of nitrogens with zero attached hydrogens (tertiary/aromatic N) is 1. The van der Waals surface area contributed by atoms with Gasteiger partial charge in [0.15, 0.2) is 5.70 Å². The number of cyclic esters (lactones) is 1. The molecule has 4 rings (SSSR count). The fourth-order valence-electron chi connectivity index (χ4n) is 2.58. The van der Waals surface area contributed by atoms with Crippen LogP contribution in [0, 0.1) is 0 Å². The Morgan fingerprint density at radius 1 is 0.889 bits per heavy atom. The highest BCUT2D eigenvalue weighted by Gasteiger charge is 2.24. The molecule has 0 radical (unpaired) electrons. The van der Waals surface area contributed by atoms with Crippen LogP contribution in [0.4, 0.5) is 0 Å². The summed E-state index contributed by atoms with van der Waals surface area (Å²) in [7, 11) is 0. The largest absolute Gasteiger partial charge is 0.402 e. The van der Waals surface area contributed by atoms with Crippen molar-refractivity contribution in [1.29, 1.82) is 0 Å². The molecule has 0 bridgehead atoms. The highest BCUT2D eigenvalue weighted by atomic mass is 35.5. The normalized spacial score (nSPS) is 14.9. The highest BCUT2D eigenvalue weighted by molar-refractivity contribution is 7.99. The fourth-order valence-corrected chi connectivity index (χ4v) is 3.63. The second kappa shape index (κ2) is 7.82. The molecule has 3 nitrogen and oxygen atoms in total. The lowest BCUT2D eigenvalue weighted by atomic mass is 10.2. The van der Waals surface area contributed by atoms with Crippen LogP contribution in [0.3, 0.4) is 0 Å². The van der Waals surface area contributed by atoms with E-state index in [1.165, 1.54) is 0 Å². The number of hydrogen-bond acceptors (Lipinski definition) is 4.